The number of nitrogens with zero attached hydrogens (tertiary/aromatic N) is 8. The van der Waals surface area contributed by atoms with Crippen LogP contribution in [0.4, 0.5) is 0 Å². The van der Waals surface area contributed by atoms with Crippen molar-refractivity contribution >= 4 is 112 Å². The first-order valence-electron chi connectivity index (χ1n) is 27.9. The van der Waals surface area contributed by atoms with E-state index < -0.39 is 85.8 Å². The van der Waals surface area contributed by atoms with Crippen LogP contribution in [-0.2, 0) is 16.0 Å². The zero-order chi connectivity index (χ0) is 62.5. The van der Waals surface area contributed by atoms with Gasteiger partial charge < -0.3 is 41.6 Å². The van der Waals surface area contributed by atoms with Crippen LogP contribution < -0.4 is 26.5 Å². The minimum absolute atomic E-state index is 0.00127. The first-order valence-corrected chi connectivity index (χ1v) is 36.0. The van der Waals surface area contributed by atoms with E-state index in [1.165, 1.54) is 39.4 Å². The van der Waals surface area contributed by atoms with Gasteiger partial charge in [0, 0.05) is 68.6 Å². The van der Waals surface area contributed by atoms with Crippen molar-refractivity contribution < 1.29 is 43.4 Å². The summed E-state index contributed by atoms with van der Waals surface area (Å²) in [6, 6.07) is 16.7. The number of ketones is 1. The summed E-state index contributed by atoms with van der Waals surface area (Å²) in [6.07, 6.45) is -2.90. The molecule has 0 saturated carbocycles. The SMILES string of the molecule is Cc1sc2nc1C(=O)C[C@@H]([C@H](O)c1ccccc1)c1nc(cs1)C(=O)N[C@@H](Cc1ccc(O[Si](C)(C)C(C)(C)C)cc1)C(=O)N1C[C@H](O)[C@H](C)[C@H]1c1nc(cs1)-c1nc(cs1)-c1nc(-c3nc(C(N)=O)cs3)ccc1-c1nc(cs1)C(=O)N[C@H]2CC(N)=O. The third-order valence-electron chi connectivity index (χ3n) is 15.9. The Bertz CT molecular complexity index is 4130. The molecule has 0 spiro atoms. The van der Waals surface area contributed by atoms with E-state index in [1.54, 1.807) is 70.4 Å². The van der Waals surface area contributed by atoms with Gasteiger partial charge in [-0.25, -0.2) is 34.9 Å². The van der Waals surface area contributed by atoms with Crippen molar-refractivity contribution in [1.29, 1.82) is 0 Å². The number of carbonyl (C=O) groups excluding carboxylic acids is 6. The second-order valence-electron chi connectivity index (χ2n) is 23.1. The molecule has 0 aliphatic carbocycles. The molecule has 88 heavy (non-hydrogen) atoms. The number of thiazole rings is 6. The van der Waals surface area contributed by atoms with Crippen LogP contribution in [0.5, 0.6) is 5.75 Å². The highest BCUT2D eigenvalue weighted by Crippen LogP contribution is 2.44. The molecule has 9 aromatic rings. The number of pyridine rings is 1. The summed E-state index contributed by atoms with van der Waals surface area (Å²) >= 11 is 7.10. The highest BCUT2D eigenvalue weighted by Gasteiger charge is 2.46. The number of rotatable bonds is 10. The predicted octanol–water partition coefficient (Wildman–Crippen LogP) is 9.95. The highest BCUT2D eigenvalue weighted by atomic mass is 32.1. The quantitative estimate of drug-likeness (QED) is 0.0694. The number of aliphatic hydroxyl groups excluding tert-OH is 2. The van der Waals surface area contributed by atoms with Crippen LogP contribution in [0.1, 0.15) is 138 Å². The summed E-state index contributed by atoms with van der Waals surface area (Å²) in [5.74, 6) is -4.57. The van der Waals surface area contributed by atoms with Crippen molar-refractivity contribution in [2.45, 2.75) is 108 Å². The minimum Gasteiger partial charge on any atom is -0.544 e. The van der Waals surface area contributed by atoms with Crippen molar-refractivity contribution in [3.63, 3.8) is 0 Å². The number of Topliss-reactive ketones (excluding diaryl/α,β-unsaturated/α-hetero) is 1. The highest BCUT2D eigenvalue weighted by molar-refractivity contribution is 7.15. The van der Waals surface area contributed by atoms with Gasteiger partial charge in [-0.1, -0.05) is 70.2 Å². The summed E-state index contributed by atoms with van der Waals surface area (Å²) in [5.41, 5.74) is 14.8. The van der Waals surface area contributed by atoms with Crippen LogP contribution >= 0.6 is 68.0 Å². The van der Waals surface area contributed by atoms with Gasteiger partial charge in [-0.05, 0) is 60.4 Å². The third-order valence-corrected chi connectivity index (χ3v) is 25.9. The summed E-state index contributed by atoms with van der Waals surface area (Å²) in [4.78, 5) is 120. The van der Waals surface area contributed by atoms with Crippen LogP contribution in [0.3, 0.4) is 0 Å². The molecule has 9 heterocycles. The number of nitrogens with one attached hydrogen (secondary N) is 2. The molecule has 11 rings (SSSR count). The molecule has 28 heteroatoms. The number of hydrogen-bond donors (Lipinski definition) is 6. The second-order valence-corrected chi connectivity index (χ2v) is 33.4. The summed E-state index contributed by atoms with van der Waals surface area (Å²) in [5, 5.41) is 40.1. The fourth-order valence-electron chi connectivity index (χ4n) is 10.1. The maximum atomic E-state index is 15.4. The molecule has 454 valence electrons. The lowest BCUT2D eigenvalue weighted by Crippen LogP contribution is -2.50. The number of fused-ring (bicyclic) bond motifs is 16. The van der Waals surface area contributed by atoms with E-state index >= 15 is 4.79 Å². The molecule has 2 aromatic carbocycles. The predicted molar refractivity (Wildman–Crippen MR) is 342 cm³/mol. The fraction of sp³-hybridized carbons (Fsp3) is 0.317. The van der Waals surface area contributed by atoms with Crippen LogP contribution in [-0.4, -0.2) is 112 Å². The van der Waals surface area contributed by atoms with Crippen molar-refractivity contribution in [3.8, 4) is 49.1 Å². The van der Waals surface area contributed by atoms with Crippen LogP contribution in [0.25, 0.3) is 43.4 Å². The molecule has 5 amide bonds. The first-order chi connectivity index (χ1) is 41.9. The molecule has 1 saturated heterocycles. The lowest BCUT2D eigenvalue weighted by molar-refractivity contribution is -0.134. The number of amides is 5. The molecular formula is C60H60N12O9S6Si. The number of aliphatic hydroxyl groups is 2. The van der Waals surface area contributed by atoms with Gasteiger partial charge >= 0.3 is 0 Å². The number of aromatic nitrogens is 7. The number of aryl methyl sites for hydroxylation is 1. The fourth-order valence-corrected chi connectivity index (χ4v) is 16.5. The van der Waals surface area contributed by atoms with Crippen molar-refractivity contribution in [3.05, 3.63) is 147 Å². The minimum atomic E-state index is -2.22. The second kappa shape index (κ2) is 25.1. The Kier molecular flexibility index (Phi) is 17.7. The van der Waals surface area contributed by atoms with E-state index in [1.807, 2.05) is 36.6 Å². The van der Waals surface area contributed by atoms with E-state index in [0.29, 0.717) is 64.6 Å². The number of hydrogen-bond acceptors (Lipinski definition) is 22. The van der Waals surface area contributed by atoms with E-state index in [9.17, 15) is 34.2 Å². The van der Waals surface area contributed by atoms with Gasteiger partial charge in [0.2, 0.25) is 20.1 Å². The molecule has 1 fully saturated rings. The monoisotopic (exact) mass is 1310 g/mol. The van der Waals surface area contributed by atoms with Gasteiger partial charge in [0.05, 0.1) is 41.4 Å². The Morgan fingerprint density at radius 2 is 1.34 bits per heavy atom. The molecular weight excluding hydrogens is 1250 g/mol. The van der Waals surface area contributed by atoms with Gasteiger partial charge in [-0.15, -0.1) is 68.0 Å². The number of nitrogens with two attached hydrogens (primary N) is 2. The maximum absolute atomic E-state index is 15.4. The van der Waals surface area contributed by atoms with Crippen molar-refractivity contribution in [1.82, 2.24) is 50.4 Å². The zero-order valence-electron chi connectivity index (χ0n) is 48.5. The topological polar surface area (TPSA) is 322 Å². The smallest absolute Gasteiger partial charge is 0.271 e. The molecule has 2 aliphatic rings. The Hall–Kier alpha value is -7.67. The van der Waals surface area contributed by atoms with E-state index in [4.69, 9.17) is 45.8 Å². The summed E-state index contributed by atoms with van der Waals surface area (Å²) in [7, 11) is -2.22. The van der Waals surface area contributed by atoms with Gasteiger partial charge in [0.1, 0.15) is 76.7 Å². The molecule has 0 radical (unpaired) electrons. The number of benzene rings is 2. The lowest BCUT2D eigenvalue weighted by Gasteiger charge is -2.36. The molecule has 7 atom stereocenters. The van der Waals surface area contributed by atoms with Gasteiger partial charge in [-0.2, -0.15) is 0 Å². The Morgan fingerprint density at radius 1 is 0.716 bits per heavy atom. The first kappa shape index (κ1) is 62.0. The summed E-state index contributed by atoms with van der Waals surface area (Å²) < 4.78 is 6.58. The Morgan fingerprint density at radius 3 is 2.05 bits per heavy atom. The molecule has 8 N–H and O–H groups in total. The van der Waals surface area contributed by atoms with Crippen molar-refractivity contribution in [2.24, 2.45) is 17.4 Å². The summed E-state index contributed by atoms with van der Waals surface area (Å²) in [6.45, 7) is 14.3. The van der Waals surface area contributed by atoms with Crippen LogP contribution in [0, 0.1) is 12.8 Å². The van der Waals surface area contributed by atoms with Gasteiger partial charge in [0.25, 0.3) is 17.7 Å². The normalized spacial score (nSPS) is 19.8. The van der Waals surface area contributed by atoms with Gasteiger partial charge in [-0.3, -0.25) is 28.8 Å². The van der Waals surface area contributed by atoms with Crippen LogP contribution in [0.2, 0.25) is 18.1 Å². The molecule has 7 aromatic heterocycles. The Balaban J connectivity index is 1.01. The average Bonchev–Trinajstić information content (AvgIpc) is 2.17. The van der Waals surface area contributed by atoms with E-state index in [-0.39, 0.29) is 63.6 Å². The maximum Gasteiger partial charge on any atom is 0.271 e. The van der Waals surface area contributed by atoms with E-state index in [0.717, 1.165) is 39.6 Å². The number of primary amides is 2. The third kappa shape index (κ3) is 12.9. The Labute approximate surface area is 530 Å². The molecule has 10 bridgehead atoms. The molecule has 0 unspecified atom stereocenters. The molecule has 2 aliphatic heterocycles. The molecule has 21 nitrogen and oxygen atoms in total. The number of carbonyl (C=O) groups is 6. The van der Waals surface area contributed by atoms with Gasteiger partial charge in [0.15, 0.2) is 5.78 Å². The van der Waals surface area contributed by atoms with Crippen molar-refractivity contribution in [2.75, 3.05) is 6.54 Å². The van der Waals surface area contributed by atoms with Crippen LogP contribution in [0.15, 0.2) is 93.6 Å². The average molecular weight is 1310 g/mol. The standard InChI is InChI=1S/C60H60N12O9S6Si/c1-28-44(74)22-72-48(28)58-70-42(27-86-58)56-66-38(23-84-56)47-33(17-18-35(63-47)55-67-39(24-85-55)50(62)77)53-68-40(25-82-53)51(78)64-36(21-45(61)75)57-71-46(29(2)87-57)43(73)20-34(49(76)31-11-9-8-10-12-31)54-69-41(26-83-54)52(79)65-37(59(72)80)19-30-13-15-32(16-14-30)81-88(6,7)60(3,4)5/h8-18,23-28,34,36-37,44,48-49,74,76H,19-22H2,1-7H3,(H2,61,75)(H2,62,77)(H,64,78)(H,65,79)/t28-,34-,36-,37-,44-,48-,49+/m0/s1. The largest absolute Gasteiger partial charge is 0.544 e. The lowest BCUT2D eigenvalue weighted by atomic mass is 9.90. The van der Waals surface area contributed by atoms with E-state index in [2.05, 4.69) is 49.5 Å². The zero-order valence-corrected chi connectivity index (χ0v) is 54.4.